The number of pyridine rings is 1. The highest BCUT2D eigenvalue weighted by molar-refractivity contribution is 9.10. The maximum atomic E-state index is 12.0. The SMILES string of the molecule is COC(=O)CCCCc1cc2cc(Br)ccc2c(=O)[nH]1.COC(=O)CCCCc1cc2cc(Br)ccc2c(=O)o1. The summed E-state index contributed by atoms with van der Waals surface area (Å²) in [4.78, 5) is 48.7. The smallest absolute Gasteiger partial charge is 0.343 e. The van der Waals surface area contributed by atoms with Crippen molar-refractivity contribution in [2.45, 2.75) is 51.4 Å². The third-order valence-electron chi connectivity index (χ3n) is 6.22. The molecule has 0 unspecified atom stereocenters. The van der Waals surface area contributed by atoms with E-state index in [9.17, 15) is 19.2 Å². The number of unbranched alkanes of at least 4 members (excludes halogenated alkanes) is 2. The Balaban J connectivity index is 0.000000220. The molecule has 4 aromatic rings. The van der Waals surface area contributed by atoms with Crippen molar-refractivity contribution in [2.24, 2.45) is 0 Å². The van der Waals surface area contributed by atoms with Crippen LogP contribution in [0.5, 0.6) is 0 Å². The van der Waals surface area contributed by atoms with E-state index in [1.54, 1.807) is 12.1 Å². The number of hydrogen-bond acceptors (Lipinski definition) is 7. The molecule has 8 nitrogen and oxygen atoms in total. The summed E-state index contributed by atoms with van der Waals surface area (Å²) in [5.74, 6) is 0.236. The van der Waals surface area contributed by atoms with Crippen LogP contribution in [0.15, 0.2) is 71.5 Å². The molecule has 1 N–H and O–H groups in total. The van der Waals surface area contributed by atoms with E-state index in [1.807, 2.05) is 36.4 Å². The van der Waals surface area contributed by atoms with Crippen LogP contribution in [0.2, 0.25) is 0 Å². The molecular formula is C30H31Br2NO7. The first-order chi connectivity index (χ1) is 19.2. The Bertz CT molecular complexity index is 1470. The summed E-state index contributed by atoms with van der Waals surface area (Å²) < 4.78 is 16.3. The molecule has 0 atom stereocenters. The van der Waals surface area contributed by atoms with Crippen LogP contribution in [0.4, 0.5) is 0 Å². The van der Waals surface area contributed by atoms with Crippen molar-refractivity contribution < 1.29 is 23.5 Å². The monoisotopic (exact) mass is 675 g/mol. The second-order valence-corrected chi connectivity index (χ2v) is 11.0. The molecule has 0 bridgehead atoms. The van der Waals surface area contributed by atoms with Crippen LogP contribution >= 0.6 is 31.9 Å². The fraction of sp³-hybridized carbons (Fsp3) is 0.333. The molecule has 212 valence electrons. The number of carbonyl (C=O) groups is 2. The summed E-state index contributed by atoms with van der Waals surface area (Å²) in [6.45, 7) is 0. The molecule has 0 aliphatic carbocycles. The third kappa shape index (κ3) is 9.45. The Morgan fingerprint density at radius 1 is 0.750 bits per heavy atom. The van der Waals surface area contributed by atoms with Crippen molar-refractivity contribution in [1.82, 2.24) is 4.98 Å². The van der Waals surface area contributed by atoms with Crippen molar-refractivity contribution in [3.05, 3.63) is 89.7 Å². The summed E-state index contributed by atoms with van der Waals surface area (Å²) in [5.41, 5.74) is 0.501. The van der Waals surface area contributed by atoms with Gasteiger partial charge in [0.15, 0.2) is 0 Å². The normalized spacial score (nSPS) is 10.7. The van der Waals surface area contributed by atoms with Gasteiger partial charge in [0.25, 0.3) is 5.56 Å². The fourth-order valence-corrected chi connectivity index (χ4v) is 4.89. The van der Waals surface area contributed by atoms with Gasteiger partial charge in [0.2, 0.25) is 0 Å². The first-order valence-corrected chi connectivity index (χ1v) is 14.5. The van der Waals surface area contributed by atoms with Crippen molar-refractivity contribution in [1.29, 1.82) is 0 Å². The number of carbonyl (C=O) groups excluding carboxylic acids is 2. The van der Waals surface area contributed by atoms with Crippen LogP contribution in [-0.2, 0) is 31.9 Å². The second kappa shape index (κ2) is 15.5. The van der Waals surface area contributed by atoms with Crippen LogP contribution in [0, 0.1) is 0 Å². The molecule has 4 rings (SSSR count). The van der Waals surface area contributed by atoms with Gasteiger partial charge in [0.1, 0.15) is 5.76 Å². The van der Waals surface area contributed by atoms with Crippen LogP contribution < -0.4 is 11.2 Å². The second-order valence-electron chi connectivity index (χ2n) is 9.15. The van der Waals surface area contributed by atoms with Crippen molar-refractivity contribution in [3.63, 3.8) is 0 Å². The zero-order chi connectivity index (χ0) is 29.1. The molecule has 2 heterocycles. The van der Waals surface area contributed by atoms with Crippen molar-refractivity contribution in [3.8, 4) is 0 Å². The van der Waals surface area contributed by atoms with Gasteiger partial charge in [0, 0.05) is 39.3 Å². The number of benzene rings is 2. The molecule has 0 saturated heterocycles. The van der Waals surface area contributed by atoms with E-state index < -0.39 is 0 Å². The molecule has 0 spiro atoms. The van der Waals surface area contributed by atoms with Gasteiger partial charge in [-0.2, -0.15) is 0 Å². The number of fused-ring (bicyclic) bond motifs is 2. The average Bonchev–Trinajstić information content (AvgIpc) is 2.93. The predicted molar refractivity (Wildman–Crippen MR) is 162 cm³/mol. The summed E-state index contributed by atoms with van der Waals surface area (Å²) in [6.07, 6.45) is 5.27. The van der Waals surface area contributed by atoms with Gasteiger partial charge in [-0.15, -0.1) is 0 Å². The van der Waals surface area contributed by atoms with E-state index in [4.69, 9.17) is 4.42 Å². The Hall–Kier alpha value is -3.24. The van der Waals surface area contributed by atoms with E-state index in [-0.39, 0.29) is 23.1 Å². The van der Waals surface area contributed by atoms with Crippen LogP contribution in [0.25, 0.3) is 21.5 Å². The Morgan fingerprint density at radius 2 is 1.30 bits per heavy atom. The number of aryl methyl sites for hydroxylation is 2. The lowest BCUT2D eigenvalue weighted by Crippen LogP contribution is -2.09. The van der Waals surface area contributed by atoms with Gasteiger partial charge in [-0.1, -0.05) is 31.9 Å². The quantitative estimate of drug-likeness (QED) is 0.148. The zero-order valence-corrected chi connectivity index (χ0v) is 25.6. The predicted octanol–water partition coefficient (Wildman–Crippen LogP) is 6.62. The number of aromatic nitrogens is 1. The lowest BCUT2D eigenvalue weighted by atomic mass is 10.1. The molecule has 2 aromatic carbocycles. The van der Waals surface area contributed by atoms with Gasteiger partial charge >= 0.3 is 17.6 Å². The summed E-state index contributed by atoms with van der Waals surface area (Å²) in [7, 11) is 2.77. The van der Waals surface area contributed by atoms with E-state index in [1.165, 1.54) is 14.2 Å². The van der Waals surface area contributed by atoms with Gasteiger partial charge < -0.3 is 18.9 Å². The number of methoxy groups -OCH3 is 2. The van der Waals surface area contributed by atoms with Crippen molar-refractivity contribution >= 4 is 65.3 Å². The minimum atomic E-state index is -0.321. The molecule has 10 heteroatoms. The maximum absolute atomic E-state index is 12.0. The van der Waals surface area contributed by atoms with E-state index in [0.29, 0.717) is 42.2 Å². The topological polar surface area (TPSA) is 116 Å². The minimum Gasteiger partial charge on any atom is -0.469 e. The number of nitrogens with one attached hydrogen (secondary N) is 1. The summed E-state index contributed by atoms with van der Waals surface area (Å²) >= 11 is 6.79. The van der Waals surface area contributed by atoms with Gasteiger partial charge in [0.05, 0.1) is 19.6 Å². The van der Waals surface area contributed by atoms with Gasteiger partial charge in [-0.3, -0.25) is 14.4 Å². The molecule has 0 amide bonds. The van der Waals surface area contributed by atoms with Crippen LogP contribution in [-0.4, -0.2) is 31.1 Å². The van der Waals surface area contributed by atoms with Crippen LogP contribution in [0.3, 0.4) is 0 Å². The maximum Gasteiger partial charge on any atom is 0.343 e. The van der Waals surface area contributed by atoms with Gasteiger partial charge in [-0.05, 0) is 91.4 Å². The number of hydrogen-bond donors (Lipinski definition) is 1. The standard InChI is InChI=1S/C15H16BrNO3.C15H15BrO4/c1-20-14(18)5-3-2-4-12-9-10-8-11(16)6-7-13(10)15(19)17-12;1-19-14(17)5-3-2-4-12-9-10-8-11(16)6-7-13(10)15(18)20-12/h6-9H,2-5H2,1H3,(H,17,19);6-9H,2-5H2,1H3. The molecule has 0 radical (unpaired) electrons. The lowest BCUT2D eigenvalue weighted by Gasteiger charge is -2.04. The van der Waals surface area contributed by atoms with E-state index in [0.717, 1.165) is 51.1 Å². The number of rotatable bonds is 10. The van der Waals surface area contributed by atoms with E-state index in [2.05, 4.69) is 46.3 Å². The summed E-state index contributed by atoms with van der Waals surface area (Å²) in [6, 6.07) is 14.9. The summed E-state index contributed by atoms with van der Waals surface area (Å²) in [5, 5.41) is 3.04. The molecular weight excluding hydrogens is 646 g/mol. The Kier molecular flexibility index (Phi) is 12.1. The van der Waals surface area contributed by atoms with Crippen LogP contribution in [0.1, 0.15) is 50.0 Å². The highest BCUT2D eigenvalue weighted by atomic mass is 79.9. The lowest BCUT2D eigenvalue weighted by molar-refractivity contribution is -0.141. The average molecular weight is 677 g/mol. The molecule has 0 aliphatic heterocycles. The van der Waals surface area contributed by atoms with Gasteiger partial charge in [-0.25, -0.2) is 4.79 Å². The number of H-pyrrole nitrogens is 1. The molecule has 0 fully saturated rings. The number of esters is 2. The molecule has 40 heavy (non-hydrogen) atoms. The highest BCUT2D eigenvalue weighted by Gasteiger charge is 2.07. The third-order valence-corrected chi connectivity index (χ3v) is 7.21. The highest BCUT2D eigenvalue weighted by Crippen LogP contribution is 2.20. The minimum absolute atomic E-state index is 0.0713. The van der Waals surface area contributed by atoms with E-state index >= 15 is 0 Å². The number of halogens is 2. The molecule has 0 saturated carbocycles. The molecule has 2 aromatic heterocycles. The largest absolute Gasteiger partial charge is 0.469 e. The Labute approximate surface area is 248 Å². The fourth-order valence-electron chi connectivity index (χ4n) is 4.13. The number of ether oxygens (including phenoxy) is 2. The van der Waals surface area contributed by atoms with Crippen molar-refractivity contribution in [2.75, 3.05) is 14.2 Å². The zero-order valence-electron chi connectivity index (χ0n) is 22.4. The first-order valence-electron chi connectivity index (χ1n) is 12.9. The first kappa shape index (κ1) is 31.3. The molecule has 0 aliphatic rings. The number of aromatic amines is 1. The Morgan fingerprint density at radius 3 is 1.90 bits per heavy atom.